The predicted molar refractivity (Wildman–Crippen MR) is 60.4 cm³/mol. The second-order valence-corrected chi connectivity index (χ2v) is 5.54. The summed E-state index contributed by atoms with van der Waals surface area (Å²) < 4.78 is 14.9. The zero-order valence-electron chi connectivity index (χ0n) is 11.0. The number of esters is 1. The number of carbonyl (C=O) groups is 2. The van der Waals surface area contributed by atoms with E-state index < -0.39 is 23.1 Å². The Hall–Kier alpha value is -1.26. The van der Waals surface area contributed by atoms with Crippen LogP contribution < -0.4 is 0 Å². The molecule has 98 valence electrons. The summed E-state index contributed by atoms with van der Waals surface area (Å²) in [5.41, 5.74) is -1.47. The average Bonchev–Trinajstić information content (AvgIpc) is 2.22. The summed E-state index contributed by atoms with van der Waals surface area (Å²) in [5, 5.41) is 0. The Morgan fingerprint density at radius 3 is 2.24 bits per heavy atom. The third-order valence-corrected chi connectivity index (χ3v) is 3.26. The monoisotopic (exact) mass is 244 g/mol. The number of cyclic esters (lactones) is 2. The maximum absolute atomic E-state index is 12.1. The molecule has 1 rings (SSSR count). The highest BCUT2D eigenvalue weighted by molar-refractivity contribution is 5.78. The standard InChI is InChI=1S/C12H20O5/c1-8(2)11(3,4)17-9(13)12(5)6-15-10(14)16-7-12/h8H,6-7H2,1-5H3. The van der Waals surface area contributed by atoms with Crippen LogP contribution in [0.25, 0.3) is 0 Å². The van der Waals surface area contributed by atoms with Crippen LogP contribution in [0, 0.1) is 11.3 Å². The van der Waals surface area contributed by atoms with Crippen molar-refractivity contribution in [3.05, 3.63) is 0 Å². The van der Waals surface area contributed by atoms with Crippen molar-refractivity contribution < 1.29 is 23.8 Å². The van der Waals surface area contributed by atoms with E-state index in [2.05, 4.69) is 0 Å². The number of hydrogen-bond acceptors (Lipinski definition) is 5. The molecule has 1 heterocycles. The molecular weight excluding hydrogens is 224 g/mol. The number of hydrogen-bond donors (Lipinski definition) is 0. The summed E-state index contributed by atoms with van der Waals surface area (Å²) in [5.74, 6) is -0.203. The molecule has 1 aliphatic rings. The van der Waals surface area contributed by atoms with Crippen molar-refractivity contribution in [3.8, 4) is 0 Å². The molecule has 0 spiro atoms. The van der Waals surface area contributed by atoms with Crippen LogP contribution in [0.4, 0.5) is 4.79 Å². The van der Waals surface area contributed by atoms with E-state index in [9.17, 15) is 9.59 Å². The molecule has 0 unspecified atom stereocenters. The molecule has 1 saturated heterocycles. The summed E-state index contributed by atoms with van der Waals surface area (Å²) in [6, 6.07) is 0. The van der Waals surface area contributed by atoms with Crippen LogP contribution in [0.2, 0.25) is 0 Å². The van der Waals surface area contributed by atoms with Gasteiger partial charge in [-0.15, -0.1) is 0 Å². The average molecular weight is 244 g/mol. The molecule has 0 atom stereocenters. The largest absolute Gasteiger partial charge is 0.508 e. The SMILES string of the molecule is CC(C)C(C)(C)OC(=O)C1(C)COC(=O)OC1. The van der Waals surface area contributed by atoms with Crippen molar-refractivity contribution in [2.45, 2.75) is 40.2 Å². The van der Waals surface area contributed by atoms with Gasteiger partial charge in [-0.25, -0.2) is 4.79 Å². The Morgan fingerprint density at radius 1 is 1.35 bits per heavy atom. The Balaban J connectivity index is 2.67. The minimum absolute atomic E-state index is 0.00115. The third-order valence-electron chi connectivity index (χ3n) is 3.26. The lowest BCUT2D eigenvalue weighted by Crippen LogP contribution is -2.47. The molecule has 5 heteroatoms. The van der Waals surface area contributed by atoms with Crippen molar-refractivity contribution >= 4 is 12.1 Å². The van der Waals surface area contributed by atoms with Crippen LogP contribution in [0.15, 0.2) is 0 Å². The minimum Gasteiger partial charge on any atom is -0.459 e. The summed E-state index contributed by atoms with van der Waals surface area (Å²) in [6.45, 7) is 9.33. The number of ether oxygens (including phenoxy) is 3. The van der Waals surface area contributed by atoms with E-state index in [4.69, 9.17) is 14.2 Å². The molecule has 1 fully saturated rings. The van der Waals surface area contributed by atoms with Crippen molar-refractivity contribution in [2.75, 3.05) is 13.2 Å². The van der Waals surface area contributed by atoms with Gasteiger partial charge in [-0.05, 0) is 26.7 Å². The summed E-state index contributed by atoms with van der Waals surface area (Å²) in [4.78, 5) is 22.8. The first-order chi connectivity index (χ1) is 7.67. The van der Waals surface area contributed by atoms with Gasteiger partial charge in [0, 0.05) is 0 Å². The van der Waals surface area contributed by atoms with Crippen molar-refractivity contribution in [1.29, 1.82) is 0 Å². The lowest BCUT2D eigenvalue weighted by Gasteiger charge is -2.36. The van der Waals surface area contributed by atoms with Crippen LogP contribution in [-0.4, -0.2) is 30.9 Å². The van der Waals surface area contributed by atoms with Crippen LogP contribution in [0.5, 0.6) is 0 Å². The van der Waals surface area contributed by atoms with Gasteiger partial charge in [-0.2, -0.15) is 0 Å². The smallest absolute Gasteiger partial charge is 0.459 e. The van der Waals surface area contributed by atoms with E-state index >= 15 is 0 Å². The molecule has 17 heavy (non-hydrogen) atoms. The maximum Gasteiger partial charge on any atom is 0.508 e. The minimum atomic E-state index is -0.917. The summed E-state index contributed by atoms with van der Waals surface area (Å²) in [6.07, 6.45) is -0.738. The molecule has 5 nitrogen and oxygen atoms in total. The normalized spacial score (nSPS) is 19.5. The first kappa shape index (κ1) is 13.8. The second kappa shape index (κ2) is 4.55. The van der Waals surface area contributed by atoms with Gasteiger partial charge in [0.2, 0.25) is 0 Å². The van der Waals surface area contributed by atoms with Gasteiger partial charge in [-0.1, -0.05) is 13.8 Å². The summed E-state index contributed by atoms with van der Waals surface area (Å²) >= 11 is 0. The molecule has 0 aromatic heterocycles. The van der Waals surface area contributed by atoms with Crippen LogP contribution >= 0.6 is 0 Å². The molecule has 0 saturated carbocycles. The molecular formula is C12H20O5. The van der Waals surface area contributed by atoms with Gasteiger partial charge in [0.25, 0.3) is 0 Å². The second-order valence-electron chi connectivity index (χ2n) is 5.54. The van der Waals surface area contributed by atoms with E-state index in [-0.39, 0.29) is 19.1 Å². The van der Waals surface area contributed by atoms with Crippen molar-refractivity contribution in [2.24, 2.45) is 11.3 Å². The fraction of sp³-hybridized carbons (Fsp3) is 0.833. The molecule has 0 aromatic rings. The van der Waals surface area contributed by atoms with Gasteiger partial charge in [0.05, 0.1) is 0 Å². The Bertz CT molecular complexity index is 309. The lowest BCUT2D eigenvalue weighted by atomic mass is 9.90. The lowest BCUT2D eigenvalue weighted by molar-refractivity contribution is -0.182. The number of carbonyl (C=O) groups excluding carboxylic acids is 2. The Morgan fingerprint density at radius 2 is 1.82 bits per heavy atom. The van der Waals surface area contributed by atoms with E-state index in [1.54, 1.807) is 6.92 Å². The van der Waals surface area contributed by atoms with E-state index in [0.29, 0.717) is 0 Å². The molecule has 0 aromatic carbocycles. The van der Waals surface area contributed by atoms with Crippen LogP contribution in [0.1, 0.15) is 34.6 Å². The van der Waals surface area contributed by atoms with Gasteiger partial charge in [0.15, 0.2) is 0 Å². The van der Waals surface area contributed by atoms with Gasteiger partial charge < -0.3 is 14.2 Å². The molecule has 0 aliphatic carbocycles. The fourth-order valence-corrected chi connectivity index (χ4v) is 1.12. The zero-order valence-corrected chi connectivity index (χ0v) is 11.0. The van der Waals surface area contributed by atoms with E-state index in [1.165, 1.54) is 0 Å². The fourth-order valence-electron chi connectivity index (χ4n) is 1.12. The first-order valence-electron chi connectivity index (χ1n) is 5.70. The van der Waals surface area contributed by atoms with E-state index in [0.717, 1.165) is 0 Å². The predicted octanol–water partition coefficient (Wildman–Crippen LogP) is 2.14. The van der Waals surface area contributed by atoms with E-state index in [1.807, 2.05) is 27.7 Å². The third kappa shape index (κ3) is 3.11. The Kier molecular flexibility index (Phi) is 3.69. The van der Waals surface area contributed by atoms with Crippen LogP contribution in [-0.2, 0) is 19.0 Å². The zero-order chi connectivity index (χ0) is 13.3. The molecule has 0 bridgehead atoms. The first-order valence-corrected chi connectivity index (χ1v) is 5.70. The van der Waals surface area contributed by atoms with Crippen molar-refractivity contribution in [1.82, 2.24) is 0 Å². The highest BCUT2D eigenvalue weighted by atomic mass is 16.7. The molecule has 0 N–H and O–H groups in total. The topological polar surface area (TPSA) is 61.8 Å². The highest BCUT2D eigenvalue weighted by Gasteiger charge is 2.44. The highest BCUT2D eigenvalue weighted by Crippen LogP contribution is 2.29. The van der Waals surface area contributed by atoms with Gasteiger partial charge >= 0.3 is 12.1 Å². The molecule has 0 radical (unpaired) electrons. The molecule has 0 amide bonds. The quantitative estimate of drug-likeness (QED) is 0.712. The summed E-state index contributed by atoms with van der Waals surface area (Å²) in [7, 11) is 0. The molecule has 1 aliphatic heterocycles. The Labute approximate surface area is 101 Å². The maximum atomic E-state index is 12.1. The van der Waals surface area contributed by atoms with Crippen LogP contribution in [0.3, 0.4) is 0 Å². The van der Waals surface area contributed by atoms with Gasteiger partial charge in [-0.3, -0.25) is 4.79 Å². The van der Waals surface area contributed by atoms with Crippen molar-refractivity contribution in [3.63, 3.8) is 0 Å². The number of rotatable bonds is 3. The van der Waals surface area contributed by atoms with Gasteiger partial charge in [0.1, 0.15) is 24.2 Å².